The molecule has 2 unspecified atom stereocenters. The summed E-state index contributed by atoms with van der Waals surface area (Å²) >= 11 is 0. The zero-order valence-electron chi connectivity index (χ0n) is 11.2. The van der Waals surface area contributed by atoms with Crippen molar-refractivity contribution in [3.05, 3.63) is 35.9 Å². The number of piperazine rings is 1. The van der Waals surface area contributed by atoms with Crippen molar-refractivity contribution in [1.29, 1.82) is 0 Å². The highest BCUT2D eigenvalue weighted by Crippen LogP contribution is 2.38. The lowest BCUT2D eigenvalue weighted by atomic mass is 9.99. The molecule has 2 nitrogen and oxygen atoms in total. The number of nitrogens with zero attached hydrogens (tertiary/aromatic N) is 1. The van der Waals surface area contributed by atoms with Crippen molar-refractivity contribution >= 4 is 0 Å². The van der Waals surface area contributed by atoms with Crippen molar-refractivity contribution in [2.75, 3.05) is 19.6 Å². The molecule has 0 radical (unpaired) electrons. The Balaban J connectivity index is 1.72. The van der Waals surface area contributed by atoms with Gasteiger partial charge in [0.1, 0.15) is 0 Å². The van der Waals surface area contributed by atoms with Crippen LogP contribution in [-0.4, -0.2) is 36.8 Å². The summed E-state index contributed by atoms with van der Waals surface area (Å²) in [6.45, 7) is 0.296. The summed E-state index contributed by atoms with van der Waals surface area (Å²) in [4.78, 5) is 1.63. The Morgan fingerprint density at radius 2 is 1.85 bits per heavy atom. The van der Waals surface area contributed by atoms with Crippen LogP contribution >= 0.6 is 0 Å². The SMILES string of the molecule is FC(F)(F)CN1CC(c2ccccc2)NCC1C1CC1. The maximum absolute atomic E-state index is 12.8. The lowest BCUT2D eigenvalue weighted by molar-refractivity contribution is -0.155. The summed E-state index contributed by atoms with van der Waals surface area (Å²) in [5.74, 6) is 0.446. The first-order valence-electron chi connectivity index (χ1n) is 7.12. The molecule has 1 aliphatic carbocycles. The molecule has 2 aliphatic rings. The van der Waals surface area contributed by atoms with E-state index in [4.69, 9.17) is 0 Å². The van der Waals surface area contributed by atoms with E-state index in [9.17, 15) is 13.2 Å². The molecule has 0 aromatic heterocycles. The van der Waals surface area contributed by atoms with Crippen molar-refractivity contribution in [2.45, 2.75) is 31.1 Å². The van der Waals surface area contributed by atoms with Gasteiger partial charge in [0.25, 0.3) is 0 Å². The summed E-state index contributed by atoms with van der Waals surface area (Å²) in [5.41, 5.74) is 1.06. The molecule has 20 heavy (non-hydrogen) atoms. The number of nitrogens with one attached hydrogen (secondary N) is 1. The Kier molecular flexibility index (Phi) is 3.73. The number of hydrogen-bond donors (Lipinski definition) is 1. The van der Waals surface area contributed by atoms with Gasteiger partial charge in [-0.2, -0.15) is 13.2 Å². The first kappa shape index (κ1) is 13.9. The fourth-order valence-corrected chi connectivity index (χ4v) is 3.09. The average Bonchev–Trinajstić information content (AvgIpc) is 3.22. The fraction of sp³-hybridized carbons (Fsp3) is 0.600. The van der Waals surface area contributed by atoms with E-state index in [2.05, 4.69) is 5.32 Å². The summed E-state index contributed by atoms with van der Waals surface area (Å²) in [5, 5.41) is 3.41. The average molecular weight is 284 g/mol. The normalized spacial score (nSPS) is 28.6. The highest BCUT2D eigenvalue weighted by Gasteiger charge is 2.43. The van der Waals surface area contributed by atoms with Gasteiger partial charge in [-0.25, -0.2) is 0 Å². The number of rotatable bonds is 3. The molecule has 3 rings (SSSR count). The molecule has 1 saturated carbocycles. The van der Waals surface area contributed by atoms with Gasteiger partial charge in [0.05, 0.1) is 6.54 Å². The molecule has 0 spiro atoms. The maximum Gasteiger partial charge on any atom is 0.401 e. The lowest BCUT2D eigenvalue weighted by Crippen LogP contribution is -2.55. The monoisotopic (exact) mass is 284 g/mol. The van der Waals surface area contributed by atoms with E-state index in [-0.39, 0.29) is 12.1 Å². The van der Waals surface area contributed by atoms with E-state index in [0.717, 1.165) is 18.4 Å². The summed E-state index contributed by atoms with van der Waals surface area (Å²) in [6.07, 6.45) is -1.99. The van der Waals surface area contributed by atoms with Crippen molar-refractivity contribution < 1.29 is 13.2 Å². The van der Waals surface area contributed by atoms with Crippen LogP contribution in [0.1, 0.15) is 24.4 Å². The molecule has 0 amide bonds. The minimum Gasteiger partial charge on any atom is -0.307 e. The topological polar surface area (TPSA) is 15.3 Å². The predicted molar refractivity (Wildman–Crippen MR) is 71.3 cm³/mol. The van der Waals surface area contributed by atoms with E-state index in [1.165, 1.54) is 0 Å². The predicted octanol–water partition coefficient (Wildman–Crippen LogP) is 2.97. The molecule has 2 fully saturated rings. The van der Waals surface area contributed by atoms with Crippen LogP contribution in [0, 0.1) is 5.92 Å². The quantitative estimate of drug-likeness (QED) is 0.918. The lowest BCUT2D eigenvalue weighted by Gasteiger charge is -2.41. The van der Waals surface area contributed by atoms with E-state index >= 15 is 0 Å². The van der Waals surface area contributed by atoms with E-state index < -0.39 is 12.7 Å². The zero-order valence-corrected chi connectivity index (χ0v) is 11.2. The second kappa shape index (κ2) is 5.37. The molecule has 1 heterocycles. The van der Waals surface area contributed by atoms with Crippen molar-refractivity contribution in [1.82, 2.24) is 10.2 Å². The standard InChI is InChI=1S/C15H19F3N2/c16-15(17,18)10-20-9-13(11-4-2-1-3-5-11)19-8-14(20)12-6-7-12/h1-5,12-14,19H,6-10H2. The van der Waals surface area contributed by atoms with Gasteiger partial charge in [-0.15, -0.1) is 0 Å². The van der Waals surface area contributed by atoms with Crippen LogP contribution in [0.5, 0.6) is 0 Å². The van der Waals surface area contributed by atoms with Crippen LogP contribution in [-0.2, 0) is 0 Å². The first-order valence-corrected chi connectivity index (χ1v) is 7.12. The summed E-state index contributed by atoms with van der Waals surface area (Å²) < 4.78 is 38.3. The van der Waals surface area contributed by atoms with Crippen LogP contribution in [0.25, 0.3) is 0 Å². The van der Waals surface area contributed by atoms with Crippen LogP contribution in [0.4, 0.5) is 13.2 Å². The van der Waals surface area contributed by atoms with Crippen LogP contribution in [0.2, 0.25) is 0 Å². The van der Waals surface area contributed by atoms with E-state index in [1.54, 1.807) is 4.90 Å². The van der Waals surface area contributed by atoms with Gasteiger partial charge in [0, 0.05) is 25.2 Å². The minimum absolute atomic E-state index is 0.00597. The smallest absolute Gasteiger partial charge is 0.307 e. The van der Waals surface area contributed by atoms with Gasteiger partial charge in [-0.1, -0.05) is 30.3 Å². The number of benzene rings is 1. The molecule has 1 saturated heterocycles. The van der Waals surface area contributed by atoms with Gasteiger partial charge < -0.3 is 5.32 Å². The van der Waals surface area contributed by atoms with Crippen LogP contribution in [0.3, 0.4) is 0 Å². The number of halogens is 3. The molecule has 5 heteroatoms. The third-order valence-corrected chi connectivity index (χ3v) is 4.21. The Morgan fingerprint density at radius 3 is 2.45 bits per heavy atom. The largest absolute Gasteiger partial charge is 0.401 e. The van der Waals surface area contributed by atoms with Gasteiger partial charge >= 0.3 is 6.18 Å². The zero-order chi connectivity index (χ0) is 14.2. The van der Waals surface area contributed by atoms with Crippen molar-refractivity contribution in [2.24, 2.45) is 5.92 Å². The van der Waals surface area contributed by atoms with Gasteiger partial charge in [0.2, 0.25) is 0 Å². The molecule has 1 N–H and O–H groups in total. The Bertz CT molecular complexity index is 442. The summed E-state index contributed by atoms with van der Waals surface area (Å²) in [7, 11) is 0. The van der Waals surface area contributed by atoms with Gasteiger partial charge in [0.15, 0.2) is 0 Å². The van der Waals surface area contributed by atoms with E-state index in [0.29, 0.717) is 19.0 Å². The number of alkyl halides is 3. The molecule has 1 aromatic rings. The molecule has 1 aromatic carbocycles. The van der Waals surface area contributed by atoms with Crippen molar-refractivity contribution in [3.63, 3.8) is 0 Å². The first-order chi connectivity index (χ1) is 9.53. The Labute approximate surface area is 117 Å². The third kappa shape index (κ3) is 3.33. The van der Waals surface area contributed by atoms with Crippen molar-refractivity contribution in [3.8, 4) is 0 Å². The minimum atomic E-state index is -4.12. The molecular formula is C15H19F3N2. The van der Waals surface area contributed by atoms with Gasteiger partial charge in [-0.05, 0) is 24.3 Å². The molecule has 1 aliphatic heterocycles. The Hall–Kier alpha value is -1.07. The molecule has 0 bridgehead atoms. The highest BCUT2D eigenvalue weighted by atomic mass is 19.4. The maximum atomic E-state index is 12.8. The summed E-state index contributed by atoms with van der Waals surface area (Å²) in [6, 6.07) is 9.76. The van der Waals surface area contributed by atoms with E-state index in [1.807, 2.05) is 30.3 Å². The van der Waals surface area contributed by atoms with Crippen LogP contribution < -0.4 is 5.32 Å². The Morgan fingerprint density at radius 1 is 1.15 bits per heavy atom. The second-order valence-electron chi connectivity index (χ2n) is 5.82. The third-order valence-electron chi connectivity index (χ3n) is 4.21. The molecular weight excluding hydrogens is 265 g/mol. The number of hydrogen-bond acceptors (Lipinski definition) is 2. The molecule has 110 valence electrons. The van der Waals surface area contributed by atoms with Crippen LogP contribution in [0.15, 0.2) is 30.3 Å². The van der Waals surface area contributed by atoms with Gasteiger partial charge in [-0.3, -0.25) is 4.90 Å². The highest BCUT2D eigenvalue weighted by molar-refractivity contribution is 5.20. The second-order valence-corrected chi connectivity index (χ2v) is 5.82. The molecule has 2 atom stereocenters. The fourth-order valence-electron chi connectivity index (χ4n) is 3.09.